The van der Waals surface area contributed by atoms with E-state index >= 15 is 0 Å². The molecule has 0 saturated carbocycles. The van der Waals surface area contributed by atoms with Crippen molar-refractivity contribution in [3.05, 3.63) is 118 Å². The normalized spacial score (nSPS) is 12.0. The zero-order valence-electron chi connectivity index (χ0n) is 26.1. The SMILES string of the molecule is Cc1ccc(S(=O)(=O)N(CC(=O)N(Cc2c(Cl)cccc2Cl)[C@H](C)C(=O)NCC(C)C)c2ccc(Oc3ccccc3)cc2)cc1. The maximum atomic E-state index is 14.2. The molecule has 0 unspecified atom stereocenters. The molecule has 0 saturated heterocycles. The van der Waals surface area contributed by atoms with Crippen LogP contribution in [0.15, 0.2) is 102 Å². The van der Waals surface area contributed by atoms with Gasteiger partial charge in [0.05, 0.1) is 10.6 Å². The minimum Gasteiger partial charge on any atom is -0.457 e. The Morgan fingerprint density at radius 3 is 1.98 bits per heavy atom. The number of anilines is 1. The highest BCUT2D eigenvalue weighted by Gasteiger charge is 2.33. The average molecular weight is 683 g/mol. The number of carbonyl (C=O) groups excluding carboxylic acids is 2. The fourth-order valence-electron chi connectivity index (χ4n) is 4.56. The number of sulfonamides is 1. The van der Waals surface area contributed by atoms with Gasteiger partial charge >= 0.3 is 0 Å². The van der Waals surface area contributed by atoms with Crippen molar-refractivity contribution in [1.82, 2.24) is 10.2 Å². The molecule has 0 radical (unpaired) electrons. The van der Waals surface area contributed by atoms with Crippen molar-refractivity contribution in [1.29, 1.82) is 0 Å². The Morgan fingerprint density at radius 2 is 1.39 bits per heavy atom. The second kappa shape index (κ2) is 15.5. The van der Waals surface area contributed by atoms with Gasteiger partial charge in [0.1, 0.15) is 24.1 Å². The summed E-state index contributed by atoms with van der Waals surface area (Å²) in [6, 6.07) is 26.0. The largest absolute Gasteiger partial charge is 0.457 e. The van der Waals surface area contributed by atoms with Crippen LogP contribution in [0, 0.1) is 12.8 Å². The molecule has 4 rings (SSSR count). The van der Waals surface area contributed by atoms with Gasteiger partial charge in [-0.3, -0.25) is 13.9 Å². The number of nitrogens with one attached hydrogen (secondary N) is 1. The third kappa shape index (κ3) is 8.81. The van der Waals surface area contributed by atoms with E-state index in [9.17, 15) is 18.0 Å². The Bertz CT molecular complexity index is 1730. The first-order valence-corrected chi connectivity index (χ1v) is 17.0. The summed E-state index contributed by atoms with van der Waals surface area (Å²) in [6.07, 6.45) is 0. The third-order valence-electron chi connectivity index (χ3n) is 7.23. The second-order valence-corrected chi connectivity index (χ2v) is 13.9. The fourth-order valence-corrected chi connectivity index (χ4v) is 6.49. The maximum absolute atomic E-state index is 14.2. The molecule has 0 aliphatic rings. The van der Waals surface area contributed by atoms with Gasteiger partial charge in [-0.1, -0.05) is 79.0 Å². The van der Waals surface area contributed by atoms with E-state index in [4.69, 9.17) is 27.9 Å². The van der Waals surface area contributed by atoms with Crippen LogP contribution in [-0.2, 0) is 26.2 Å². The molecule has 8 nitrogen and oxygen atoms in total. The average Bonchev–Trinajstić information content (AvgIpc) is 3.03. The highest BCUT2D eigenvalue weighted by atomic mass is 35.5. The Balaban J connectivity index is 1.72. The molecule has 1 N–H and O–H groups in total. The molecular formula is C35H37Cl2N3O5S. The monoisotopic (exact) mass is 681 g/mol. The van der Waals surface area contributed by atoms with Gasteiger partial charge in [-0.15, -0.1) is 0 Å². The van der Waals surface area contributed by atoms with E-state index in [-0.39, 0.29) is 29.0 Å². The van der Waals surface area contributed by atoms with Gasteiger partial charge in [0.2, 0.25) is 11.8 Å². The molecule has 0 bridgehead atoms. The van der Waals surface area contributed by atoms with Crippen molar-refractivity contribution in [2.75, 3.05) is 17.4 Å². The smallest absolute Gasteiger partial charge is 0.264 e. The summed E-state index contributed by atoms with van der Waals surface area (Å²) in [6.45, 7) is 7.06. The van der Waals surface area contributed by atoms with E-state index in [1.807, 2.05) is 39.0 Å². The molecule has 0 fully saturated rings. The minimum absolute atomic E-state index is 0.0129. The number of hydrogen-bond donors (Lipinski definition) is 1. The summed E-state index contributed by atoms with van der Waals surface area (Å²) in [7, 11) is -4.24. The number of amides is 2. The molecule has 2 amide bonds. The van der Waals surface area contributed by atoms with E-state index in [0.717, 1.165) is 9.87 Å². The van der Waals surface area contributed by atoms with E-state index < -0.39 is 28.5 Å². The second-order valence-electron chi connectivity index (χ2n) is 11.3. The number of carbonyl (C=O) groups is 2. The summed E-state index contributed by atoms with van der Waals surface area (Å²) in [5.74, 6) is 0.277. The highest BCUT2D eigenvalue weighted by Crippen LogP contribution is 2.30. The summed E-state index contributed by atoms with van der Waals surface area (Å²) >= 11 is 12.9. The van der Waals surface area contributed by atoms with Crippen molar-refractivity contribution < 1.29 is 22.7 Å². The molecule has 0 aliphatic carbocycles. The Hall–Kier alpha value is -4.05. The van der Waals surface area contributed by atoms with Crippen molar-refractivity contribution >= 4 is 50.7 Å². The van der Waals surface area contributed by atoms with Crippen LogP contribution in [-0.4, -0.2) is 44.3 Å². The molecule has 1 atom stereocenters. The highest BCUT2D eigenvalue weighted by molar-refractivity contribution is 7.92. The lowest BCUT2D eigenvalue weighted by atomic mass is 10.1. The number of rotatable bonds is 13. The van der Waals surface area contributed by atoms with Crippen molar-refractivity contribution in [3.8, 4) is 11.5 Å². The van der Waals surface area contributed by atoms with E-state index in [0.29, 0.717) is 33.7 Å². The van der Waals surface area contributed by atoms with Crippen LogP contribution in [0.25, 0.3) is 0 Å². The zero-order valence-corrected chi connectivity index (χ0v) is 28.4. The van der Waals surface area contributed by atoms with Crippen LogP contribution in [0.1, 0.15) is 31.9 Å². The Kier molecular flexibility index (Phi) is 11.7. The van der Waals surface area contributed by atoms with Crippen LogP contribution in [0.4, 0.5) is 5.69 Å². The predicted octanol–water partition coefficient (Wildman–Crippen LogP) is 7.48. The fraction of sp³-hybridized carbons (Fsp3) is 0.257. The van der Waals surface area contributed by atoms with Crippen molar-refractivity contribution in [3.63, 3.8) is 0 Å². The molecule has 11 heteroatoms. The number of para-hydroxylation sites is 1. The lowest BCUT2D eigenvalue weighted by molar-refractivity contribution is -0.139. The van der Waals surface area contributed by atoms with E-state index in [2.05, 4.69) is 5.32 Å². The molecule has 0 spiro atoms. The Morgan fingerprint density at radius 1 is 0.804 bits per heavy atom. The number of hydrogen-bond acceptors (Lipinski definition) is 5. The summed E-state index contributed by atoms with van der Waals surface area (Å²) < 4.78 is 35.2. The molecule has 0 aliphatic heterocycles. The van der Waals surface area contributed by atoms with Gasteiger partial charge in [-0.2, -0.15) is 0 Å². The molecule has 242 valence electrons. The molecule has 4 aromatic carbocycles. The summed E-state index contributed by atoms with van der Waals surface area (Å²) in [5.41, 5.74) is 1.56. The molecule has 0 heterocycles. The number of aryl methyl sites for hydroxylation is 1. The number of nitrogens with zero attached hydrogens (tertiary/aromatic N) is 2. The third-order valence-corrected chi connectivity index (χ3v) is 9.73. The molecular weight excluding hydrogens is 645 g/mol. The minimum atomic E-state index is -4.24. The number of ether oxygens (including phenoxy) is 1. The summed E-state index contributed by atoms with van der Waals surface area (Å²) in [5, 5.41) is 3.50. The number of benzene rings is 4. The lowest BCUT2D eigenvalue weighted by Gasteiger charge is -2.32. The van der Waals surface area contributed by atoms with Crippen LogP contribution in [0.5, 0.6) is 11.5 Å². The van der Waals surface area contributed by atoms with Crippen LogP contribution < -0.4 is 14.4 Å². The van der Waals surface area contributed by atoms with E-state index in [1.165, 1.54) is 17.0 Å². The molecule has 4 aromatic rings. The van der Waals surface area contributed by atoms with E-state index in [1.54, 1.807) is 73.7 Å². The topological polar surface area (TPSA) is 96.0 Å². The Labute approximate surface area is 280 Å². The van der Waals surface area contributed by atoms with Crippen molar-refractivity contribution in [2.24, 2.45) is 5.92 Å². The first-order valence-electron chi connectivity index (χ1n) is 14.8. The first-order chi connectivity index (χ1) is 21.9. The zero-order chi connectivity index (χ0) is 33.4. The standard InChI is InChI=1S/C35H37Cl2N3O5S/c1-24(2)21-38-35(42)26(4)39(22-31-32(36)11-8-12-33(31)37)34(41)23-40(46(43,44)30-19-13-25(3)14-20-30)27-15-17-29(18-16-27)45-28-9-6-5-7-10-28/h5-20,24,26H,21-23H2,1-4H3,(H,38,42)/t26-/m1/s1. The molecule has 46 heavy (non-hydrogen) atoms. The van der Waals surface area contributed by atoms with Gasteiger partial charge in [-0.25, -0.2) is 8.42 Å². The quantitative estimate of drug-likeness (QED) is 0.158. The summed E-state index contributed by atoms with van der Waals surface area (Å²) in [4.78, 5) is 28.7. The van der Waals surface area contributed by atoms with Crippen molar-refractivity contribution in [2.45, 2.75) is 45.2 Å². The van der Waals surface area contributed by atoms with Gasteiger partial charge in [0.15, 0.2) is 0 Å². The first kappa shape index (κ1) is 34.8. The van der Waals surface area contributed by atoms with Crippen LogP contribution in [0.3, 0.4) is 0 Å². The predicted molar refractivity (Wildman–Crippen MR) is 183 cm³/mol. The van der Waals surface area contributed by atoms with Crippen LogP contribution in [0.2, 0.25) is 10.0 Å². The maximum Gasteiger partial charge on any atom is 0.264 e. The van der Waals surface area contributed by atoms with Crippen LogP contribution >= 0.6 is 23.2 Å². The lowest BCUT2D eigenvalue weighted by Crippen LogP contribution is -2.51. The van der Waals surface area contributed by atoms with Gasteiger partial charge in [0, 0.05) is 28.7 Å². The van der Waals surface area contributed by atoms with Gasteiger partial charge < -0.3 is 15.0 Å². The van der Waals surface area contributed by atoms with Gasteiger partial charge in [0.25, 0.3) is 10.0 Å². The number of halogens is 2. The van der Waals surface area contributed by atoms with Gasteiger partial charge in [-0.05, 0) is 80.4 Å². The molecule has 0 aromatic heterocycles.